The Morgan fingerprint density at radius 3 is 2.37 bits per heavy atom. The molecule has 160 valence electrons. The number of hydrogen-bond donors (Lipinski definition) is 3. The number of para-hydroxylation sites is 1. The Morgan fingerprint density at radius 2 is 1.80 bits per heavy atom. The number of amides is 1. The summed E-state index contributed by atoms with van der Waals surface area (Å²) in [4.78, 5) is 37.5. The third kappa shape index (κ3) is 4.36. The maximum Gasteiger partial charge on any atom is 0.257 e. The lowest BCUT2D eigenvalue weighted by atomic mass is 10.1. The van der Waals surface area contributed by atoms with Crippen molar-refractivity contribution < 1.29 is 14.3 Å². The molecule has 2 aromatic carbocycles. The Bertz CT molecular complexity index is 1110. The predicted molar refractivity (Wildman–Crippen MR) is 116 cm³/mol. The molecule has 1 aromatic heterocycles. The molecule has 0 aliphatic carbocycles. The number of nitrogens with two attached hydrogens (primary N) is 1. The molecule has 4 N–H and O–H groups in total. The van der Waals surface area contributed by atoms with E-state index in [1.807, 2.05) is 13.8 Å². The lowest BCUT2D eigenvalue weighted by molar-refractivity contribution is 0.0824. The zero-order valence-electron chi connectivity index (χ0n) is 17.6. The van der Waals surface area contributed by atoms with Crippen LogP contribution in [0.2, 0.25) is 0 Å². The van der Waals surface area contributed by atoms with Crippen LogP contribution in [0.3, 0.4) is 0 Å². The molecule has 9 nitrogen and oxygen atoms in total. The van der Waals surface area contributed by atoms with Gasteiger partial charge in [-0.3, -0.25) is 19.4 Å². The minimum Gasteiger partial charge on any atom is -0.505 e. The second-order valence-electron chi connectivity index (χ2n) is 6.55. The van der Waals surface area contributed by atoms with Crippen LogP contribution in [0.4, 0.5) is 17.1 Å². The van der Waals surface area contributed by atoms with Crippen molar-refractivity contribution in [2.45, 2.75) is 27.3 Å². The molecule has 0 fully saturated rings. The molecular formula is C21H26N4O5. The molecule has 0 saturated carbocycles. The van der Waals surface area contributed by atoms with Crippen LogP contribution in [0.1, 0.15) is 35.7 Å². The van der Waals surface area contributed by atoms with Gasteiger partial charge in [-0.25, -0.2) is 5.84 Å². The summed E-state index contributed by atoms with van der Waals surface area (Å²) in [6, 6.07) is 7.97. The van der Waals surface area contributed by atoms with Crippen LogP contribution in [0, 0.1) is 6.92 Å². The molecule has 3 rings (SSSR count). The largest absolute Gasteiger partial charge is 0.505 e. The number of phenols is 1. The number of hydrazine groups is 1. The maximum absolute atomic E-state index is 12.1. The topological polar surface area (TPSA) is 129 Å². The number of carbonyl (C=O) groups excluding carboxylic acids is 1. The summed E-state index contributed by atoms with van der Waals surface area (Å²) in [6.45, 7) is 5.86. The molecule has 0 unspecified atom stereocenters. The van der Waals surface area contributed by atoms with Crippen LogP contribution in [0.25, 0.3) is 0 Å². The van der Waals surface area contributed by atoms with Crippen LogP contribution < -0.4 is 27.0 Å². The molecule has 1 amide bonds. The number of rotatable bonds is 6. The maximum atomic E-state index is 12.1. The number of nitrogens with one attached hydrogen (secondary N) is 1. The molecule has 3 aromatic rings. The first-order chi connectivity index (χ1) is 14.2. The number of phenolic OH excluding ortho intramolecular Hbond substituents is 1. The zero-order valence-corrected chi connectivity index (χ0v) is 17.6. The quantitative estimate of drug-likeness (QED) is 0.242. The van der Waals surface area contributed by atoms with Crippen LogP contribution in [0.15, 0.2) is 44.3 Å². The van der Waals surface area contributed by atoms with Crippen molar-refractivity contribution in [3.05, 3.63) is 67.9 Å². The monoisotopic (exact) mass is 414 g/mol. The molecule has 0 aliphatic rings. The van der Waals surface area contributed by atoms with Crippen molar-refractivity contribution in [1.29, 1.82) is 0 Å². The van der Waals surface area contributed by atoms with Crippen molar-refractivity contribution in [3.63, 3.8) is 0 Å². The van der Waals surface area contributed by atoms with Crippen molar-refractivity contribution in [2.24, 2.45) is 5.84 Å². The number of hydrogen-bond acceptors (Lipinski definition) is 8. The zero-order chi connectivity index (χ0) is 22.6. The number of aryl methyl sites for hydroxylation is 1. The van der Waals surface area contributed by atoms with E-state index < -0.39 is 16.8 Å². The lowest BCUT2D eigenvalue weighted by Gasteiger charge is -2.22. The summed E-state index contributed by atoms with van der Waals surface area (Å²) in [5.41, 5.74) is -1.41. The van der Waals surface area contributed by atoms with Gasteiger partial charge >= 0.3 is 0 Å². The van der Waals surface area contributed by atoms with Gasteiger partial charge in [-0.1, -0.05) is 19.9 Å². The van der Waals surface area contributed by atoms with E-state index in [2.05, 4.69) is 5.32 Å². The summed E-state index contributed by atoms with van der Waals surface area (Å²) in [7, 11) is 3.11. The molecule has 0 radical (unpaired) electrons. The number of benzene rings is 1. The van der Waals surface area contributed by atoms with Gasteiger partial charge in [-0.2, -0.15) is 0 Å². The molecule has 0 bridgehead atoms. The summed E-state index contributed by atoms with van der Waals surface area (Å²) >= 11 is 0. The molecule has 0 saturated heterocycles. The van der Waals surface area contributed by atoms with Crippen LogP contribution in [-0.2, 0) is 6.54 Å². The first-order valence-electron chi connectivity index (χ1n) is 9.42. The fourth-order valence-electron chi connectivity index (χ4n) is 2.78. The minimum absolute atomic E-state index is 0.0252. The lowest BCUT2D eigenvalue weighted by Crippen LogP contribution is -2.45. The summed E-state index contributed by atoms with van der Waals surface area (Å²) in [6.07, 6.45) is 0. The van der Waals surface area contributed by atoms with E-state index in [1.54, 1.807) is 39.2 Å². The second kappa shape index (κ2) is 9.27. The Balaban J connectivity index is 0.00000155. The number of carbonyl (C=O) groups is 1. The molecule has 1 heterocycles. The van der Waals surface area contributed by atoms with E-state index in [0.717, 1.165) is 5.01 Å². The number of anilines is 3. The fraction of sp³-hybridized carbons (Fsp3) is 0.286. The van der Waals surface area contributed by atoms with Gasteiger partial charge in [0.25, 0.3) is 16.8 Å². The van der Waals surface area contributed by atoms with Gasteiger partial charge < -0.3 is 19.7 Å². The first kappa shape index (κ1) is 22.7. The van der Waals surface area contributed by atoms with Crippen molar-refractivity contribution in [1.82, 2.24) is 4.90 Å². The van der Waals surface area contributed by atoms with Gasteiger partial charge in [-0.05, 0) is 31.2 Å². The van der Waals surface area contributed by atoms with Gasteiger partial charge in [-0.15, -0.1) is 0 Å². The highest BCUT2D eigenvalue weighted by Crippen LogP contribution is 2.32. The van der Waals surface area contributed by atoms with Crippen LogP contribution in [0.5, 0.6) is 5.75 Å². The van der Waals surface area contributed by atoms with Crippen molar-refractivity contribution in [2.75, 3.05) is 24.4 Å². The minimum atomic E-state index is -0.759. The van der Waals surface area contributed by atoms with Gasteiger partial charge in [0.05, 0.1) is 17.8 Å². The molecule has 0 atom stereocenters. The van der Waals surface area contributed by atoms with Gasteiger partial charge in [0.2, 0.25) is 0 Å². The summed E-state index contributed by atoms with van der Waals surface area (Å²) in [5.74, 6) is 6.44. The van der Waals surface area contributed by atoms with E-state index in [4.69, 9.17) is 10.3 Å². The first-order valence-corrected chi connectivity index (χ1v) is 9.42. The summed E-state index contributed by atoms with van der Waals surface area (Å²) in [5, 5.41) is 14.2. The Labute approximate surface area is 174 Å². The second-order valence-corrected chi connectivity index (χ2v) is 6.55. The number of aromatic hydroxyl groups is 1. The Morgan fingerprint density at radius 1 is 1.13 bits per heavy atom. The Kier molecular flexibility index (Phi) is 7.01. The highest BCUT2D eigenvalue weighted by atomic mass is 16.3. The molecule has 30 heavy (non-hydrogen) atoms. The molecular weight excluding hydrogens is 388 g/mol. The molecule has 0 aliphatic heterocycles. The highest BCUT2D eigenvalue weighted by Gasteiger charge is 2.27. The third-order valence-electron chi connectivity index (χ3n) is 4.23. The van der Waals surface area contributed by atoms with E-state index in [0.29, 0.717) is 11.5 Å². The SMILES string of the molecule is CC.Cc1ccc(CN(N)c2c(Nc3cccc(C(=O)N(C)C)c3O)c(=O)c2=O)o1. The van der Waals surface area contributed by atoms with Crippen LogP contribution in [-0.4, -0.2) is 30.0 Å². The smallest absolute Gasteiger partial charge is 0.257 e. The Hall–Kier alpha value is -3.59. The van der Waals surface area contributed by atoms with E-state index in [-0.39, 0.29) is 34.9 Å². The van der Waals surface area contributed by atoms with E-state index in [9.17, 15) is 19.5 Å². The van der Waals surface area contributed by atoms with Gasteiger partial charge in [0.1, 0.15) is 22.9 Å². The van der Waals surface area contributed by atoms with E-state index >= 15 is 0 Å². The van der Waals surface area contributed by atoms with Gasteiger partial charge in [0, 0.05) is 14.1 Å². The predicted octanol–water partition coefficient (Wildman–Crippen LogP) is 2.24. The average molecular weight is 414 g/mol. The average Bonchev–Trinajstić information content (AvgIpc) is 3.13. The summed E-state index contributed by atoms with van der Waals surface area (Å²) < 4.78 is 5.43. The van der Waals surface area contributed by atoms with Crippen molar-refractivity contribution >= 4 is 23.0 Å². The van der Waals surface area contributed by atoms with Crippen LogP contribution >= 0.6 is 0 Å². The van der Waals surface area contributed by atoms with Gasteiger partial charge in [0.15, 0.2) is 5.75 Å². The standard InChI is InChI=1S/C19H20N4O5.C2H6/c1-10-7-8-11(28-10)9-23(20)15-14(17(25)18(15)26)21-13-6-4-5-12(16(13)24)19(27)22(2)3;1-2/h4-8,21,24H,9,20H2,1-3H3;1-2H3. The fourth-order valence-corrected chi connectivity index (χ4v) is 2.78. The number of furan rings is 1. The van der Waals surface area contributed by atoms with Crippen molar-refractivity contribution in [3.8, 4) is 5.75 Å². The van der Waals surface area contributed by atoms with E-state index in [1.165, 1.54) is 17.0 Å². The molecule has 0 spiro atoms. The third-order valence-corrected chi connectivity index (χ3v) is 4.23. The molecule has 9 heteroatoms. The normalized spacial score (nSPS) is 10.3. The number of nitrogens with zero attached hydrogens (tertiary/aromatic N) is 2. The highest BCUT2D eigenvalue weighted by molar-refractivity contribution is 5.99.